The van der Waals surface area contributed by atoms with Crippen LogP contribution in [0.1, 0.15) is 86.0 Å². The molecule has 0 aromatic rings. The number of rotatable bonds is 10. The Bertz CT molecular complexity index is 326. The van der Waals surface area contributed by atoms with E-state index in [2.05, 4.69) is 46.8 Å². The molecule has 0 heteroatoms. The van der Waals surface area contributed by atoms with E-state index in [1.807, 2.05) is 0 Å². The average molecular weight is 277 g/mol. The molecule has 0 bridgehead atoms. The predicted octanol–water partition coefficient (Wildman–Crippen LogP) is 6.61. The molecule has 2 aliphatic carbocycles. The Kier molecular flexibility index (Phi) is 5.03. The van der Waals surface area contributed by atoms with Crippen molar-refractivity contribution >= 4 is 0 Å². The molecule has 0 amide bonds. The Labute approximate surface area is 127 Å². The molecule has 0 aliphatic heterocycles. The van der Waals surface area contributed by atoms with Gasteiger partial charge >= 0.3 is 0 Å². The van der Waals surface area contributed by atoms with Crippen molar-refractivity contribution in [3.05, 3.63) is 12.2 Å². The van der Waals surface area contributed by atoms with Crippen molar-refractivity contribution in [3.8, 4) is 0 Å². The molecule has 1 fully saturated rings. The normalized spacial score (nSPS) is 23.6. The zero-order chi connectivity index (χ0) is 14.8. The van der Waals surface area contributed by atoms with E-state index in [0.29, 0.717) is 10.8 Å². The lowest BCUT2D eigenvalue weighted by Gasteiger charge is -2.33. The van der Waals surface area contributed by atoms with Crippen molar-refractivity contribution in [2.24, 2.45) is 28.6 Å². The van der Waals surface area contributed by atoms with Crippen LogP contribution in [0.3, 0.4) is 0 Å². The minimum atomic E-state index is 0.546. The fourth-order valence-electron chi connectivity index (χ4n) is 3.92. The number of unbranched alkanes of at least 4 members (excludes halogenated alkanes) is 1. The van der Waals surface area contributed by atoms with E-state index in [1.165, 1.54) is 51.4 Å². The molecule has 0 aromatic carbocycles. The number of allylic oxidation sites excluding steroid dienone is 2. The van der Waals surface area contributed by atoms with Crippen molar-refractivity contribution in [3.63, 3.8) is 0 Å². The van der Waals surface area contributed by atoms with Gasteiger partial charge in [0.1, 0.15) is 0 Å². The Morgan fingerprint density at radius 3 is 2.30 bits per heavy atom. The van der Waals surface area contributed by atoms with Crippen molar-refractivity contribution in [1.29, 1.82) is 0 Å². The first-order chi connectivity index (χ1) is 9.39. The summed E-state index contributed by atoms with van der Waals surface area (Å²) < 4.78 is 0. The van der Waals surface area contributed by atoms with Crippen LogP contribution in [-0.2, 0) is 0 Å². The zero-order valence-electron chi connectivity index (χ0n) is 14.5. The second-order valence-electron chi connectivity index (χ2n) is 8.55. The maximum Gasteiger partial charge on any atom is 0.00641 e. The molecule has 2 atom stereocenters. The summed E-state index contributed by atoms with van der Waals surface area (Å²) in [4.78, 5) is 0. The van der Waals surface area contributed by atoms with Crippen LogP contribution in [0.2, 0.25) is 0 Å². The summed E-state index contributed by atoms with van der Waals surface area (Å²) in [5, 5.41) is 0. The largest absolute Gasteiger partial charge is 0.0777 e. The molecule has 0 saturated heterocycles. The van der Waals surface area contributed by atoms with Gasteiger partial charge in [-0.25, -0.2) is 0 Å². The fourth-order valence-corrected chi connectivity index (χ4v) is 3.92. The van der Waals surface area contributed by atoms with Gasteiger partial charge in [-0.2, -0.15) is 0 Å². The van der Waals surface area contributed by atoms with Crippen LogP contribution in [0, 0.1) is 28.6 Å². The van der Waals surface area contributed by atoms with Gasteiger partial charge in [0.2, 0.25) is 0 Å². The van der Waals surface area contributed by atoms with Crippen LogP contribution < -0.4 is 0 Å². The van der Waals surface area contributed by atoms with Crippen LogP contribution in [-0.4, -0.2) is 0 Å². The highest BCUT2D eigenvalue weighted by atomic mass is 14.5. The van der Waals surface area contributed by atoms with Crippen molar-refractivity contribution in [1.82, 2.24) is 0 Å². The summed E-state index contributed by atoms with van der Waals surface area (Å²) in [6.07, 6.45) is 16.3. The van der Waals surface area contributed by atoms with Crippen LogP contribution in [0.15, 0.2) is 12.2 Å². The zero-order valence-corrected chi connectivity index (χ0v) is 14.5. The van der Waals surface area contributed by atoms with Crippen LogP contribution in [0.5, 0.6) is 0 Å². The molecule has 2 aliphatic rings. The smallest absolute Gasteiger partial charge is 0.00641 e. The van der Waals surface area contributed by atoms with Crippen molar-refractivity contribution in [2.45, 2.75) is 86.0 Å². The molecule has 2 unspecified atom stereocenters. The quantitative estimate of drug-likeness (QED) is 0.394. The van der Waals surface area contributed by atoms with Crippen molar-refractivity contribution in [2.75, 3.05) is 0 Å². The van der Waals surface area contributed by atoms with E-state index in [9.17, 15) is 0 Å². The summed E-state index contributed by atoms with van der Waals surface area (Å²) in [7, 11) is 0. The van der Waals surface area contributed by atoms with Gasteiger partial charge in [0.05, 0.1) is 0 Å². The molecule has 116 valence electrons. The van der Waals surface area contributed by atoms with E-state index >= 15 is 0 Å². The monoisotopic (exact) mass is 276 g/mol. The van der Waals surface area contributed by atoms with Gasteiger partial charge in [-0.3, -0.25) is 0 Å². The lowest BCUT2D eigenvalue weighted by Crippen LogP contribution is -2.24. The summed E-state index contributed by atoms with van der Waals surface area (Å²) in [6, 6.07) is 0. The van der Waals surface area contributed by atoms with Gasteiger partial charge in [-0.05, 0) is 55.3 Å². The maximum atomic E-state index is 2.51. The lowest BCUT2D eigenvalue weighted by molar-refractivity contribution is 0.169. The van der Waals surface area contributed by atoms with Crippen LogP contribution in [0.4, 0.5) is 0 Å². The van der Waals surface area contributed by atoms with E-state index < -0.39 is 0 Å². The van der Waals surface area contributed by atoms with Gasteiger partial charge in [-0.15, -0.1) is 0 Å². The van der Waals surface area contributed by atoms with E-state index in [-0.39, 0.29) is 0 Å². The molecule has 0 aromatic heterocycles. The minimum absolute atomic E-state index is 0.546. The Morgan fingerprint density at radius 1 is 1.15 bits per heavy atom. The standard InChI is InChI=1S/C20H36/c1-6-7-12-20(13-14-20)15-16(2)8-9-17(3)19(4,5)18-10-11-18/h13-14,16-18H,6-12,15H2,1-5H3. The highest BCUT2D eigenvalue weighted by Crippen LogP contribution is 2.51. The molecule has 2 rings (SSSR count). The number of hydrogen-bond donors (Lipinski definition) is 0. The highest BCUT2D eigenvalue weighted by molar-refractivity contribution is 5.25. The Hall–Kier alpha value is -0.260. The molecule has 1 saturated carbocycles. The first kappa shape index (κ1) is 16.1. The molecule has 0 spiro atoms. The Balaban J connectivity index is 1.68. The van der Waals surface area contributed by atoms with Gasteiger partial charge in [0.15, 0.2) is 0 Å². The third kappa shape index (κ3) is 4.12. The molecular weight excluding hydrogens is 240 g/mol. The summed E-state index contributed by atoms with van der Waals surface area (Å²) in [5.41, 5.74) is 1.13. The molecule has 0 N–H and O–H groups in total. The third-order valence-electron chi connectivity index (χ3n) is 6.35. The Morgan fingerprint density at radius 2 is 1.80 bits per heavy atom. The average Bonchev–Trinajstić information content (AvgIpc) is 3.26. The van der Waals surface area contributed by atoms with E-state index in [1.54, 1.807) is 0 Å². The molecule has 0 heterocycles. The predicted molar refractivity (Wildman–Crippen MR) is 89.8 cm³/mol. The van der Waals surface area contributed by atoms with Gasteiger partial charge < -0.3 is 0 Å². The van der Waals surface area contributed by atoms with Gasteiger partial charge in [0.25, 0.3) is 0 Å². The molecule has 0 nitrogen and oxygen atoms in total. The topological polar surface area (TPSA) is 0 Å². The van der Waals surface area contributed by atoms with E-state index in [4.69, 9.17) is 0 Å². The van der Waals surface area contributed by atoms with Crippen LogP contribution >= 0.6 is 0 Å². The molecular formula is C20H36. The minimum Gasteiger partial charge on any atom is -0.0777 e. The number of hydrogen-bond acceptors (Lipinski definition) is 0. The summed E-state index contributed by atoms with van der Waals surface area (Å²) in [5.74, 6) is 2.80. The highest BCUT2D eigenvalue weighted by Gasteiger charge is 2.41. The fraction of sp³-hybridized carbons (Fsp3) is 0.900. The maximum absolute atomic E-state index is 2.51. The molecule has 20 heavy (non-hydrogen) atoms. The van der Waals surface area contributed by atoms with Gasteiger partial charge in [0, 0.05) is 5.41 Å². The SMILES string of the molecule is CCCCC1(CC(C)CCC(C)C(C)(C)C2CC2)C=C1. The van der Waals surface area contributed by atoms with Gasteiger partial charge in [-0.1, -0.05) is 66.0 Å². The van der Waals surface area contributed by atoms with E-state index in [0.717, 1.165) is 17.8 Å². The summed E-state index contributed by atoms with van der Waals surface area (Å²) >= 11 is 0. The van der Waals surface area contributed by atoms with Crippen LogP contribution in [0.25, 0.3) is 0 Å². The second kappa shape index (κ2) is 6.24. The first-order valence-corrected chi connectivity index (χ1v) is 9.10. The third-order valence-corrected chi connectivity index (χ3v) is 6.35. The lowest BCUT2D eigenvalue weighted by atomic mass is 9.72. The second-order valence-corrected chi connectivity index (χ2v) is 8.55. The molecule has 0 radical (unpaired) electrons. The van der Waals surface area contributed by atoms with Crippen molar-refractivity contribution < 1.29 is 0 Å². The first-order valence-electron chi connectivity index (χ1n) is 9.10. The summed E-state index contributed by atoms with van der Waals surface area (Å²) in [6.45, 7) is 12.3.